The number of hydrogen-bond acceptors (Lipinski definition) is 5. The maximum atomic E-state index is 5.29. The van der Waals surface area contributed by atoms with Crippen molar-refractivity contribution < 1.29 is 4.74 Å². The highest BCUT2D eigenvalue weighted by Gasteiger charge is 2.29. The molecule has 106 valence electrons. The molecule has 0 spiro atoms. The number of nitrogens with zero attached hydrogens (tertiary/aromatic N) is 2. The zero-order valence-corrected chi connectivity index (χ0v) is 12.1. The molecule has 0 amide bonds. The van der Waals surface area contributed by atoms with Crippen LogP contribution in [0.1, 0.15) is 38.9 Å². The van der Waals surface area contributed by atoms with Gasteiger partial charge in [-0.05, 0) is 19.3 Å². The molecule has 5 heteroatoms. The third kappa shape index (κ3) is 3.80. The monoisotopic (exact) mass is 264 g/mol. The number of ether oxygens (including phenoxy) is 1. The Kier molecular flexibility index (Phi) is 4.96. The molecule has 1 heterocycles. The minimum Gasteiger partial charge on any atom is -0.381 e. The first-order valence-corrected chi connectivity index (χ1v) is 7.16. The zero-order valence-electron chi connectivity index (χ0n) is 12.1. The maximum absolute atomic E-state index is 5.29. The van der Waals surface area contributed by atoms with Crippen LogP contribution in [0.4, 0.5) is 11.6 Å². The van der Waals surface area contributed by atoms with Gasteiger partial charge >= 0.3 is 0 Å². The van der Waals surface area contributed by atoms with E-state index in [0.717, 1.165) is 49.7 Å². The molecule has 0 unspecified atom stereocenters. The molecule has 1 aliphatic carbocycles. The summed E-state index contributed by atoms with van der Waals surface area (Å²) in [4.78, 5) is 9.01. The molecule has 2 N–H and O–H groups in total. The molecule has 0 aromatic carbocycles. The van der Waals surface area contributed by atoms with Crippen molar-refractivity contribution in [1.29, 1.82) is 0 Å². The molecule has 1 fully saturated rings. The van der Waals surface area contributed by atoms with Crippen LogP contribution in [0.25, 0.3) is 0 Å². The Morgan fingerprint density at radius 3 is 2.63 bits per heavy atom. The summed E-state index contributed by atoms with van der Waals surface area (Å²) in [5.74, 6) is 2.72. The molecule has 1 saturated carbocycles. The van der Waals surface area contributed by atoms with Crippen molar-refractivity contribution in [3.8, 4) is 0 Å². The van der Waals surface area contributed by atoms with Crippen molar-refractivity contribution in [2.24, 2.45) is 0 Å². The third-order valence-electron chi connectivity index (χ3n) is 3.42. The Balaban J connectivity index is 1.98. The minimum absolute atomic E-state index is 0.405. The van der Waals surface area contributed by atoms with Crippen LogP contribution >= 0.6 is 0 Å². The third-order valence-corrected chi connectivity index (χ3v) is 3.42. The molecule has 0 saturated heterocycles. The van der Waals surface area contributed by atoms with Gasteiger partial charge in [-0.2, -0.15) is 0 Å². The van der Waals surface area contributed by atoms with E-state index < -0.39 is 0 Å². The van der Waals surface area contributed by atoms with Crippen molar-refractivity contribution in [2.75, 3.05) is 24.3 Å². The number of anilines is 2. The van der Waals surface area contributed by atoms with Gasteiger partial charge in [0.25, 0.3) is 0 Å². The Morgan fingerprint density at radius 2 is 2.00 bits per heavy atom. The predicted octanol–water partition coefficient (Wildman–Crippen LogP) is 2.45. The van der Waals surface area contributed by atoms with Crippen LogP contribution in [0.15, 0.2) is 6.07 Å². The van der Waals surface area contributed by atoms with Crippen LogP contribution in [0.5, 0.6) is 0 Å². The Labute approximate surface area is 115 Å². The second-order valence-corrected chi connectivity index (χ2v) is 5.01. The quantitative estimate of drug-likeness (QED) is 0.792. The highest BCUT2D eigenvalue weighted by atomic mass is 16.5. The fraction of sp³-hybridized carbons (Fsp3) is 0.714. The van der Waals surface area contributed by atoms with E-state index in [2.05, 4.69) is 34.4 Å². The first kappa shape index (κ1) is 14.1. The van der Waals surface area contributed by atoms with E-state index in [9.17, 15) is 0 Å². The van der Waals surface area contributed by atoms with Gasteiger partial charge in [-0.1, -0.05) is 13.8 Å². The lowest BCUT2D eigenvalue weighted by Crippen LogP contribution is -2.40. The van der Waals surface area contributed by atoms with Crippen LogP contribution in [0.3, 0.4) is 0 Å². The molecule has 1 aliphatic rings. The van der Waals surface area contributed by atoms with Gasteiger partial charge in [-0.15, -0.1) is 0 Å². The van der Waals surface area contributed by atoms with Crippen molar-refractivity contribution in [3.05, 3.63) is 11.9 Å². The SMILES string of the molecule is CCCNc1cc(NC2CC(OC)C2)nc(CC)n1. The summed E-state index contributed by atoms with van der Waals surface area (Å²) >= 11 is 0. The average Bonchev–Trinajstić information content (AvgIpc) is 2.39. The molecule has 1 aromatic rings. The standard InChI is InChI=1S/C14H24N4O/c1-4-6-15-13-9-14(18-12(5-2)17-13)16-10-7-11(8-10)19-3/h9-11H,4-8H2,1-3H3,(H2,15,16,17,18). The highest BCUT2D eigenvalue weighted by Crippen LogP contribution is 2.26. The molecule has 19 heavy (non-hydrogen) atoms. The molecule has 0 aliphatic heterocycles. The summed E-state index contributed by atoms with van der Waals surface area (Å²) in [7, 11) is 1.77. The summed E-state index contributed by atoms with van der Waals surface area (Å²) in [5, 5.41) is 6.79. The van der Waals surface area contributed by atoms with E-state index >= 15 is 0 Å². The largest absolute Gasteiger partial charge is 0.381 e. The first-order chi connectivity index (χ1) is 9.25. The summed E-state index contributed by atoms with van der Waals surface area (Å²) in [6, 6.07) is 2.47. The van der Waals surface area contributed by atoms with Crippen molar-refractivity contribution in [1.82, 2.24) is 9.97 Å². The van der Waals surface area contributed by atoms with Gasteiger partial charge in [-0.25, -0.2) is 9.97 Å². The smallest absolute Gasteiger partial charge is 0.132 e. The lowest BCUT2D eigenvalue weighted by Gasteiger charge is -2.35. The number of aromatic nitrogens is 2. The van der Waals surface area contributed by atoms with Crippen LogP contribution in [-0.2, 0) is 11.2 Å². The molecular formula is C14H24N4O. The van der Waals surface area contributed by atoms with Crippen LogP contribution in [-0.4, -0.2) is 35.8 Å². The summed E-state index contributed by atoms with van der Waals surface area (Å²) in [6.45, 7) is 5.16. The summed E-state index contributed by atoms with van der Waals surface area (Å²) in [5.41, 5.74) is 0. The minimum atomic E-state index is 0.405. The van der Waals surface area contributed by atoms with Crippen LogP contribution in [0.2, 0.25) is 0 Å². The molecular weight excluding hydrogens is 240 g/mol. The summed E-state index contributed by atoms with van der Waals surface area (Å²) < 4.78 is 5.29. The van der Waals surface area contributed by atoms with Gasteiger partial charge in [0, 0.05) is 32.2 Å². The van der Waals surface area contributed by atoms with E-state index in [-0.39, 0.29) is 0 Å². The van der Waals surface area contributed by atoms with Gasteiger partial charge in [-0.3, -0.25) is 0 Å². The molecule has 0 bridgehead atoms. The van der Waals surface area contributed by atoms with Gasteiger partial charge in [0.05, 0.1) is 6.10 Å². The van der Waals surface area contributed by atoms with E-state index in [1.54, 1.807) is 7.11 Å². The predicted molar refractivity (Wildman–Crippen MR) is 77.6 cm³/mol. The topological polar surface area (TPSA) is 59.1 Å². The number of rotatable bonds is 7. The maximum Gasteiger partial charge on any atom is 0.132 e. The number of nitrogens with one attached hydrogen (secondary N) is 2. The van der Waals surface area contributed by atoms with Gasteiger partial charge in [0.2, 0.25) is 0 Å². The van der Waals surface area contributed by atoms with E-state index in [0.29, 0.717) is 12.1 Å². The average molecular weight is 264 g/mol. The van der Waals surface area contributed by atoms with Crippen LogP contribution in [0, 0.1) is 0 Å². The van der Waals surface area contributed by atoms with Crippen LogP contribution < -0.4 is 10.6 Å². The fourth-order valence-corrected chi connectivity index (χ4v) is 2.16. The number of hydrogen-bond donors (Lipinski definition) is 2. The Bertz CT molecular complexity index is 404. The van der Waals surface area contributed by atoms with E-state index in [4.69, 9.17) is 4.74 Å². The zero-order chi connectivity index (χ0) is 13.7. The molecule has 0 radical (unpaired) electrons. The fourth-order valence-electron chi connectivity index (χ4n) is 2.16. The van der Waals surface area contributed by atoms with Crippen molar-refractivity contribution in [2.45, 2.75) is 51.7 Å². The van der Waals surface area contributed by atoms with Gasteiger partial charge in [0.1, 0.15) is 17.5 Å². The van der Waals surface area contributed by atoms with Crippen molar-refractivity contribution >= 4 is 11.6 Å². The molecule has 2 rings (SSSR count). The lowest BCUT2D eigenvalue weighted by atomic mass is 9.89. The first-order valence-electron chi connectivity index (χ1n) is 7.16. The molecule has 1 aromatic heterocycles. The Morgan fingerprint density at radius 1 is 1.26 bits per heavy atom. The lowest BCUT2D eigenvalue weighted by molar-refractivity contribution is 0.0328. The van der Waals surface area contributed by atoms with E-state index in [1.165, 1.54) is 0 Å². The van der Waals surface area contributed by atoms with E-state index in [1.807, 2.05) is 6.07 Å². The molecule has 0 atom stereocenters. The number of aryl methyl sites for hydroxylation is 1. The summed E-state index contributed by atoms with van der Waals surface area (Å²) in [6.07, 6.45) is 4.45. The second kappa shape index (κ2) is 6.70. The van der Waals surface area contributed by atoms with Gasteiger partial charge in [0.15, 0.2) is 0 Å². The second-order valence-electron chi connectivity index (χ2n) is 5.01. The Hall–Kier alpha value is -1.36. The normalized spacial score (nSPS) is 21.8. The van der Waals surface area contributed by atoms with Gasteiger partial charge < -0.3 is 15.4 Å². The highest BCUT2D eigenvalue weighted by molar-refractivity contribution is 5.48. The van der Waals surface area contributed by atoms with Crippen molar-refractivity contribution in [3.63, 3.8) is 0 Å². The molecule has 5 nitrogen and oxygen atoms in total. The number of methoxy groups -OCH3 is 1.